The smallest absolute Gasteiger partial charge is 0.331 e. The molecule has 1 amide bonds. The van der Waals surface area contributed by atoms with Crippen LogP contribution in [0.5, 0.6) is 0 Å². The van der Waals surface area contributed by atoms with E-state index in [1.807, 2.05) is 0 Å². The molecule has 0 N–H and O–H groups in total. The molecule has 3 rings (SSSR count). The van der Waals surface area contributed by atoms with Crippen molar-refractivity contribution in [3.8, 4) is 0 Å². The molecular formula is C18H14F6N2O. The van der Waals surface area contributed by atoms with Crippen molar-refractivity contribution in [1.82, 2.24) is 9.88 Å². The number of aromatic nitrogens is 1. The predicted molar refractivity (Wildman–Crippen MR) is 83.6 cm³/mol. The molecule has 1 aliphatic rings. The summed E-state index contributed by atoms with van der Waals surface area (Å²) in [7, 11) is 0. The maximum absolute atomic E-state index is 13.0. The Morgan fingerprint density at radius 2 is 1.48 bits per heavy atom. The Balaban J connectivity index is 1.98. The van der Waals surface area contributed by atoms with Crippen LogP contribution in [0.3, 0.4) is 0 Å². The first-order valence-corrected chi connectivity index (χ1v) is 8.05. The Kier molecular flexibility index (Phi) is 4.88. The summed E-state index contributed by atoms with van der Waals surface area (Å²) in [5, 5.41) is 0. The van der Waals surface area contributed by atoms with Crippen LogP contribution in [0, 0.1) is 0 Å². The summed E-state index contributed by atoms with van der Waals surface area (Å²) in [5.74, 6) is -0.856. The highest BCUT2D eigenvalue weighted by molar-refractivity contribution is 5.95. The van der Waals surface area contributed by atoms with Gasteiger partial charge in [-0.25, -0.2) is 0 Å². The number of rotatable bonds is 4. The van der Waals surface area contributed by atoms with E-state index in [0.717, 1.165) is 0 Å². The molecule has 1 aliphatic carbocycles. The summed E-state index contributed by atoms with van der Waals surface area (Å²) in [6.07, 6.45) is -5.69. The standard InChI is InChI=1S/C18H14F6N2O/c19-17(20,21)13-7-12(8-14(9-13)18(22,23)24)16(27)26(15-1-2-15)10-11-3-5-25-6-4-11/h3-9,15H,1-2,10H2. The molecular weight excluding hydrogens is 374 g/mol. The molecule has 144 valence electrons. The zero-order chi connectivity index (χ0) is 19.8. The van der Waals surface area contributed by atoms with Crippen molar-refractivity contribution in [1.29, 1.82) is 0 Å². The number of pyridine rings is 1. The molecule has 2 aromatic rings. The fraction of sp³-hybridized carbons (Fsp3) is 0.333. The zero-order valence-electron chi connectivity index (χ0n) is 13.8. The summed E-state index contributed by atoms with van der Waals surface area (Å²) in [5.41, 5.74) is -2.94. The number of carbonyl (C=O) groups excluding carboxylic acids is 1. The molecule has 3 nitrogen and oxygen atoms in total. The molecule has 1 fully saturated rings. The van der Waals surface area contributed by atoms with Gasteiger partial charge in [0.25, 0.3) is 5.91 Å². The highest BCUT2D eigenvalue weighted by Crippen LogP contribution is 2.37. The second-order valence-corrected chi connectivity index (χ2v) is 6.31. The molecule has 9 heteroatoms. The minimum atomic E-state index is -4.99. The number of halogens is 6. The van der Waals surface area contributed by atoms with E-state index in [1.54, 1.807) is 12.1 Å². The van der Waals surface area contributed by atoms with E-state index in [-0.39, 0.29) is 18.7 Å². The summed E-state index contributed by atoms with van der Waals surface area (Å²) in [4.78, 5) is 17.9. The van der Waals surface area contributed by atoms with E-state index in [0.29, 0.717) is 30.5 Å². The molecule has 0 atom stereocenters. The number of benzene rings is 1. The molecule has 0 bridgehead atoms. The number of carbonyl (C=O) groups is 1. The SMILES string of the molecule is O=C(c1cc(C(F)(F)F)cc(C(F)(F)F)c1)N(Cc1ccncc1)C1CC1. The van der Waals surface area contributed by atoms with Gasteiger partial charge in [0.2, 0.25) is 0 Å². The molecule has 27 heavy (non-hydrogen) atoms. The molecule has 1 saturated carbocycles. The largest absolute Gasteiger partial charge is 0.416 e. The monoisotopic (exact) mass is 388 g/mol. The third-order valence-corrected chi connectivity index (χ3v) is 4.19. The van der Waals surface area contributed by atoms with Gasteiger partial charge in [-0.05, 0) is 48.7 Å². The predicted octanol–water partition coefficient (Wildman–Crippen LogP) is 4.92. The lowest BCUT2D eigenvalue weighted by Crippen LogP contribution is -2.33. The molecule has 1 aromatic carbocycles. The van der Waals surface area contributed by atoms with E-state index in [2.05, 4.69) is 4.98 Å². The Labute approximate surface area is 150 Å². The average Bonchev–Trinajstić information content (AvgIpc) is 3.43. The molecule has 0 aliphatic heterocycles. The first kappa shape index (κ1) is 19.2. The van der Waals surface area contributed by atoms with E-state index < -0.39 is 35.0 Å². The maximum Gasteiger partial charge on any atom is 0.416 e. The second kappa shape index (κ2) is 6.86. The number of amides is 1. The second-order valence-electron chi connectivity index (χ2n) is 6.31. The third kappa shape index (κ3) is 4.58. The van der Waals surface area contributed by atoms with Gasteiger partial charge in [-0.3, -0.25) is 9.78 Å². The quantitative estimate of drug-likeness (QED) is 0.697. The van der Waals surface area contributed by atoms with Gasteiger partial charge in [-0.15, -0.1) is 0 Å². The number of nitrogens with zero attached hydrogens (tertiary/aromatic N) is 2. The summed E-state index contributed by atoms with van der Waals surface area (Å²) in [6, 6.07) is 4.03. The van der Waals surface area contributed by atoms with Crippen LogP contribution < -0.4 is 0 Å². The van der Waals surface area contributed by atoms with Gasteiger partial charge < -0.3 is 4.90 Å². The summed E-state index contributed by atoms with van der Waals surface area (Å²) < 4.78 is 78.1. The van der Waals surface area contributed by atoms with Gasteiger partial charge >= 0.3 is 12.4 Å². The van der Waals surface area contributed by atoms with Crippen LogP contribution in [0.2, 0.25) is 0 Å². The normalized spacial score (nSPS) is 14.9. The van der Waals surface area contributed by atoms with Crippen LogP contribution in [-0.2, 0) is 18.9 Å². The fourth-order valence-electron chi connectivity index (χ4n) is 2.68. The highest BCUT2D eigenvalue weighted by atomic mass is 19.4. The van der Waals surface area contributed by atoms with Crippen LogP contribution in [-0.4, -0.2) is 21.8 Å². The first-order valence-electron chi connectivity index (χ1n) is 8.05. The third-order valence-electron chi connectivity index (χ3n) is 4.19. The van der Waals surface area contributed by atoms with Crippen LogP contribution in [0.1, 0.15) is 39.9 Å². The molecule has 0 unspecified atom stereocenters. The van der Waals surface area contributed by atoms with Gasteiger partial charge in [0.15, 0.2) is 0 Å². The maximum atomic E-state index is 13.0. The Morgan fingerprint density at radius 3 is 1.93 bits per heavy atom. The van der Waals surface area contributed by atoms with Gasteiger partial charge in [0.05, 0.1) is 11.1 Å². The lowest BCUT2D eigenvalue weighted by Gasteiger charge is -2.24. The highest BCUT2D eigenvalue weighted by Gasteiger charge is 2.39. The minimum absolute atomic E-state index is 0.0150. The molecule has 1 aromatic heterocycles. The minimum Gasteiger partial charge on any atom is -0.331 e. The van der Waals surface area contributed by atoms with Crippen molar-refractivity contribution in [2.24, 2.45) is 0 Å². The number of hydrogen-bond acceptors (Lipinski definition) is 2. The van der Waals surface area contributed by atoms with E-state index in [4.69, 9.17) is 0 Å². The van der Waals surface area contributed by atoms with Crippen LogP contribution in [0.4, 0.5) is 26.3 Å². The van der Waals surface area contributed by atoms with Crippen LogP contribution >= 0.6 is 0 Å². The summed E-state index contributed by atoms with van der Waals surface area (Å²) in [6.45, 7) is 0.0869. The van der Waals surface area contributed by atoms with Crippen molar-refractivity contribution in [3.05, 3.63) is 65.0 Å². The molecule has 0 spiro atoms. The fourth-order valence-corrected chi connectivity index (χ4v) is 2.68. The van der Waals surface area contributed by atoms with E-state index in [1.165, 1.54) is 17.3 Å². The van der Waals surface area contributed by atoms with Crippen LogP contribution in [0.25, 0.3) is 0 Å². The Bertz CT molecular complexity index is 796. The number of alkyl halides is 6. The lowest BCUT2D eigenvalue weighted by molar-refractivity contribution is -0.143. The molecule has 0 radical (unpaired) electrons. The summed E-state index contributed by atoms with van der Waals surface area (Å²) >= 11 is 0. The van der Waals surface area contributed by atoms with E-state index >= 15 is 0 Å². The Hall–Kier alpha value is -2.58. The van der Waals surface area contributed by atoms with Gasteiger partial charge in [-0.1, -0.05) is 0 Å². The van der Waals surface area contributed by atoms with Crippen molar-refractivity contribution in [2.75, 3.05) is 0 Å². The van der Waals surface area contributed by atoms with E-state index in [9.17, 15) is 31.1 Å². The number of hydrogen-bond donors (Lipinski definition) is 0. The van der Waals surface area contributed by atoms with Crippen LogP contribution in [0.15, 0.2) is 42.7 Å². The average molecular weight is 388 g/mol. The molecule has 0 saturated heterocycles. The first-order chi connectivity index (χ1) is 12.6. The van der Waals surface area contributed by atoms with Crippen molar-refractivity contribution in [3.63, 3.8) is 0 Å². The van der Waals surface area contributed by atoms with Crippen molar-refractivity contribution >= 4 is 5.91 Å². The van der Waals surface area contributed by atoms with Crippen molar-refractivity contribution in [2.45, 2.75) is 37.8 Å². The van der Waals surface area contributed by atoms with Gasteiger partial charge in [0.1, 0.15) is 0 Å². The molecule has 1 heterocycles. The van der Waals surface area contributed by atoms with Gasteiger partial charge in [0, 0.05) is 30.5 Å². The zero-order valence-corrected chi connectivity index (χ0v) is 13.8. The topological polar surface area (TPSA) is 33.2 Å². The van der Waals surface area contributed by atoms with Gasteiger partial charge in [-0.2, -0.15) is 26.3 Å². The Morgan fingerprint density at radius 1 is 0.963 bits per heavy atom. The van der Waals surface area contributed by atoms with Crippen molar-refractivity contribution < 1.29 is 31.1 Å². The lowest BCUT2D eigenvalue weighted by atomic mass is 10.0.